The summed E-state index contributed by atoms with van der Waals surface area (Å²) in [5.41, 5.74) is 0.828. The van der Waals surface area contributed by atoms with Gasteiger partial charge in [-0.25, -0.2) is 4.39 Å². The normalized spacial score (nSPS) is 12.9. The highest BCUT2D eigenvalue weighted by molar-refractivity contribution is 5.36. The third-order valence-corrected chi connectivity index (χ3v) is 1.73. The van der Waals surface area contributed by atoms with E-state index in [9.17, 15) is 4.39 Å². The first kappa shape index (κ1) is 9.00. The summed E-state index contributed by atoms with van der Waals surface area (Å²) >= 11 is 0. The second kappa shape index (κ2) is 3.54. The SMILES string of the molecule is CC(F)c1ccc(O)c(CO)c1. The van der Waals surface area contributed by atoms with Crippen LogP contribution in [0.1, 0.15) is 24.2 Å². The van der Waals surface area contributed by atoms with Gasteiger partial charge in [-0.15, -0.1) is 0 Å². The van der Waals surface area contributed by atoms with Gasteiger partial charge in [-0.05, 0) is 24.6 Å². The molecule has 1 rings (SSSR count). The molecular weight excluding hydrogens is 159 g/mol. The molecule has 0 aromatic heterocycles. The molecule has 12 heavy (non-hydrogen) atoms. The van der Waals surface area contributed by atoms with Crippen LogP contribution in [0.5, 0.6) is 5.75 Å². The summed E-state index contributed by atoms with van der Waals surface area (Å²) in [5, 5.41) is 17.9. The van der Waals surface area contributed by atoms with Gasteiger partial charge in [0.2, 0.25) is 0 Å². The van der Waals surface area contributed by atoms with Crippen LogP contribution < -0.4 is 0 Å². The number of phenols is 1. The van der Waals surface area contributed by atoms with Crippen molar-refractivity contribution in [2.24, 2.45) is 0 Å². The molecule has 0 aliphatic heterocycles. The highest BCUT2D eigenvalue weighted by Crippen LogP contribution is 2.23. The molecule has 1 atom stereocenters. The van der Waals surface area contributed by atoms with E-state index in [1.807, 2.05) is 0 Å². The van der Waals surface area contributed by atoms with Gasteiger partial charge in [-0.3, -0.25) is 0 Å². The predicted octanol–water partition coefficient (Wildman–Crippen LogP) is 1.92. The monoisotopic (exact) mass is 170 g/mol. The van der Waals surface area contributed by atoms with Crippen molar-refractivity contribution in [3.05, 3.63) is 29.3 Å². The molecule has 0 aliphatic carbocycles. The first-order chi connectivity index (χ1) is 5.65. The van der Waals surface area contributed by atoms with Crippen LogP contribution in [-0.2, 0) is 6.61 Å². The molecule has 3 heteroatoms. The zero-order valence-corrected chi connectivity index (χ0v) is 6.79. The molecule has 0 saturated heterocycles. The van der Waals surface area contributed by atoms with Gasteiger partial charge in [0, 0.05) is 5.56 Å². The molecule has 2 nitrogen and oxygen atoms in total. The van der Waals surface area contributed by atoms with Gasteiger partial charge in [-0.2, -0.15) is 0 Å². The number of hydrogen-bond acceptors (Lipinski definition) is 2. The average molecular weight is 170 g/mol. The summed E-state index contributed by atoms with van der Waals surface area (Å²) in [6.45, 7) is 1.14. The summed E-state index contributed by atoms with van der Waals surface area (Å²) < 4.78 is 12.7. The molecule has 2 N–H and O–H groups in total. The number of halogens is 1. The summed E-state index contributed by atoms with van der Waals surface area (Å²) in [7, 11) is 0. The molecule has 0 amide bonds. The number of rotatable bonds is 2. The Hall–Kier alpha value is -1.09. The maximum atomic E-state index is 12.7. The lowest BCUT2D eigenvalue weighted by Gasteiger charge is -2.05. The number of alkyl halides is 1. The van der Waals surface area contributed by atoms with Crippen LogP contribution in [0, 0.1) is 0 Å². The smallest absolute Gasteiger partial charge is 0.122 e. The zero-order valence-electron chi connectivity index (χ0n) is 6.79. The quantitative estimate of drug-likeness (QED) is 0.711. The number of hydrogen-bond donors (Lipinski definition) is 2. The highest BCUT2D eigenvalue weighted by atomic mass is 19.1. The van der Waals surface area contributed by atoms with Gasteiger partial charge < -0.3 is 10.2 Å². The summed E-state index contributed by atoms with van der Waals surface area (Å²) in [4.78, 5) is 0. The number of aromatic hydroxyl groups is 1. The fraction of sp³-hybridized carbons (Fsp3) is 0.333. The zero-order chi connectivity index (χ0) is 9.14. The van der Waals surface area contributed by atoms with Gasteiger partial charge >= 0.3 is 0 Å². The Morgan fingerprint density at radius 3 is 2.67 bits per heavy atom. The van der Waals surface area contributed by atoms with Crippen LogP contribution in [0.25, 0.3) is 0 Å². The molecule has 0 fully saturated rings. The van der Waals surface area contributed by atoms with Crippen LogP contribution in [0.4, 0.5) is 4.39 Å². The minimum atomic E-state index is -1.07. The predicted molar refractivity (Wildman–Crippen MR) is 43.6 cm³/mol. The standard InChI is InChI=1S/C9H11FO2/c1-6(10)7-2-3-9(12)8(4-7)5-11/h2-4,6,11-12H,5H2,1H3. The molecule has 0 saturated carbocycles. The van der Waals surface area contributed by atoms with Gasteiger partial charge in [0.15, 0.2) is 0 Å². The molecule has 0 radical (unpaired) electrons. The Morgan fingerprint density at radius 1 is 1.50 bits per heavy atom. The van der Waals surface area contributed by atoms with Crippen LogP contribution in [0.2, 0.25) is 0 Å². The largest absolute Gasteiger partial charge is 0.508 e. The Labute approximate surface area is 70.3 Å². The van der Waals surface area contributed by atoms with Crippen LogP contribution in [0.15, 0.2) is 18.2 Å². The van der Waals surface area contributed by atoms with Crippen LogP contribution >= 0.6 is 0 Å². The van der Waals surface area contributed by atoms with E-state index in [1.165, 1.54) is 25.1 Å². The Morgan fingerprint density at radius 2 is 2.17 bits per heavy atom. The van der Waals surface area contributed by atoms with Gasteiger partial charge in [0.05, 0.1) is 6.61 Å². The van der Waals surface area contributed by atoms with Gasteiger partial charge in [0.1, 0.15) is 11.9 Å². The molecule has 1 aromatic rings. The molecule has 0 aliphatic rings. The Kier molecular flexibility index (Phi) is 2.65. The van der Waals surface area contributed by atoms with Crippen molar-refractivity contribution in [3.63, 3.8) is 0 Å². The maximum absolute atomic E-state index is 12.7. The van der Waals surface area contributed by atoms with Crippen molar-refractivity contribution < 1.29 is 14.6 Å². The van der Waals surface area contributed by atoms with Gasteiger partial charge in [0.25, 0.3) is 0 Å². The molecule has 66 valence electrons. The van der Waals surface area contributed by atoms with Crippen LogP contribution in [-0.4, -0.2) is 10.2 Å². The van der Waals surface area contributed by atoms with E-state index in [-0.39, 0.29) is 12.4 Å². The van der Waals surface area contributed by atoms with Gasteiger partial charge in [-0.1, -0.05) is 6.07 Å². The highest BCUT2D eigenvalue weighted by Gasteiger charge is 2.06. The molecule has 1 unspecified atom stereocenters. The van der Waals surface area contributed by atoms with Crippen LogP contribution in [0.3, 0.4) is 0 Å². The lowest BCUT2D eigenvalue weighted by Crippen LogP contribution is -1.90. The summed E-state index contributed by atoms with van der Waals surface area (Å²) in [5.74, 6) is 0.00176. The fourth-order valence-electron chi connectivity index (χ4n) is 0.980. The lowest BCUT2D eigenvalue weighted by molar-refractivity contribution is 0.275. The van der Waals surface area contributed by atoms with E-state index in [0.717, 1.165) is 0 Å². The lowest BCUT2D eigenvalue weighted by atomic mass is 10.1. The minimum Gasteiger partial charge on any atom is -0.508 e. The molecule has 0 bridgehead atoms. The second-order valence-corrected chi connectivity index (χ2v) is 2.66. The summed E-state index contributed by atoms with van der Waals surface area (Å²) in [6, 6.07) is 4.34. The minimum absolute atomic E-state index is 0.00176. The topological polar surface area (TPSA) is 40.5 Å². The van der Waals surface area contributed by atoms with Crippen molar-refractivity contribution in [2.45, 2.75) is 19.7 Å². The Balaban J connectivity index is 3.05. The van der Waals surface area contributed by atoms with E-state index in [2.05, 4.69) is 0 Å². The number of benzene rings is 1. The van der Waals surface area contributed by atoms with E-state index in [0.29, 0.717) is 11.1 Å². The molecular formula is C9H11FO2. The van der Waals surface area contributed by atoms with E-state index in [4.69, 9.17) is 10.2 Å². The van der Waals surface area contributed by atoms with Crippen molar-refractivity contribution >= 4 is 0 Å². The first-order valence-electron chi connectivity index (χ1n) is 3.72. The number of aliphatic hydroxyl groups excluding tert-OH is 1. The third kappa shape index (κ3) is 1.74. The Bertz CT molecular complexity index is 271. The number of aliphatic hydroxyl groups is 1. The third-order valence-electron chi connectivity index (χ3n) is 1.73. The summed E-state index contributed by atoms with van der Waals surface area (Å²) in [6.07, 6.45) is -1.07. The van der Waals surface area contributed by atoms with Crippen molar-refractivity contribution in [2.75, 3.05) is 0 Å². The average Bonchev–Trinajstić information content (AvgIpc) is 2.05. The van der Waals surface area contributed by atoms with E-state index < -0.39 is 6.17 Å². The molecule has 1 aromatic carbocycles. The van der Waals surface area contributed by atoms with E-state index >= 15 is 0 Å². The maximum Gasteiger partial charge on any atom is 0.122 e. The fourth-order valence-corrected chi connectivity index (χ4v) is 0.980. The van der Waals surface area contributed by atoms with Crippen molar-refractivity contribution in [3.8, 4) is 5.75 Å². The molecule has 0 heterocycles. The second-order valence-electron chi connectivity index (χ2n) is 2.66. The van der Waals surface area contributed by atoms with E-state index in [1.54, 1.807) is 0 Å². The van der Waals surface area contributed by atoms with Crippen molar-refractivity contribution in [1.29, 1.82) is 0 Å². The first-order valence-corrected chi connectivity index (χ1v) is 3.72. The molecule has 0 spiro atoms. The van der Waals surface area contributed by atoms with Crippen molar-refractivity contribution in [1.82, 2.24) is 0 Å².